The fourth-order valence-corrected chi connectivity index (χ4v) is 11.5. The monoisotopic (exact) mass is 1210 g/mol. The number of aliphatic hydroxyl groups is 5. The summed E-state index contributed by atoms with van der Waals surface area (Å²) in [6, 6.07) is -0.825. The Kier molecular flexibility index (Phi) is 61.8. The van der Waals surface area contributed by atoms with Crippen molar-refractivity contribution in [3.8, 4) is 0 Å². The van der Waals surface area contributed by atoms with Crippen LogP contribution in [0, 0.1) is 0 Å². The summed E-state index contributed by atoms with van der Waals surface area (Å²) in [7, 11) is 0. The smallest absolute Gasteiger partial charge is 0.220 e. The first-order valence-corrected chi connectivity index (χ1v) is 36.8. The number of hydrogen-bond acceptors (Lipinski definition) is 8. The maximum Gasteiger partial charge on any atom is 0.220 e. The van der Waals surface area contributed by atoms with E-state index in [1.165, 1.54) is 250 Å². The van der Waals surface area contributed by atoms with Crippen LogP contribution in [-0.2, 0) is 14.3 Å². The van der Waals surface area contributed by atoms with Crippen molar-refractivity contribution in [2.75, 3.05) is 13.2 Å². The van der Waals surface area contributed by atoms with E-state index in [1.807, 2.05) is 6.08 Å². The van der Waals surface area contributed by atoms with Gasteiger partial charge >= 0.3 is 0 Å². The highest BCUT2D eigenvalue weighted by Gasteiger charge is 2.44. The van der Waals surface area contributed by atoms with Gasteiger partial charge in [-0.2, -0.15) is 0 Å². The molecule has 1 amide bonds. The number of unbranched alkanes of at least 4 members (excludes halogenated alkanes) is 42. The van der Waals surface area contributed by atoms with Crippen molar-refractivity contribution in [3.63, 3.8) is 0 Å². The van der Waals surface area contributed by atoms with Crippen LogP contribution in [0.1, 0.15) is 341 Å². The van der Waals surface area contributed by atoms with E-state index in [0.717, 1.165) is 70.6 Å². The first kappa shape index (κ1) is 81.4. The number of amides is 1. The van der Waals surface area contributed by atoms with Gasteiger partial charge in [0.05, 0.1) is 25.4 Å². The number of allylic oxidation sites excluding steroid dienone is 13. The molecule has 0 aromatic rings. The highest BCUT2D eigenvalue weighted by Crippen LogP contribution is 2.23. The Hall–Kier alpha value is -2.63. The maximum atomic E-state index is 13.1. The van der Waals surface area contributed by atoms with Crippen LogP contribution in [0.5, 0.6) is 0 Å². The lowest BCUT2D eigenvalue weighted by Crippen LogP contribution is -2.60. The van der Waals surface area contributed by atoms with Crippen LogP contribution in [0.4, 0.5) is 0 Å². The lowest BCUT2D eigenvalue weighted by molar-refractivity contribution is -0.302. The molecule has 500 valence electrons. The van der Waals surface area contributed by atoms with E-state index < -0.39 is 49.5 Å². The summed E-state index contributed by atoms with van der Waals surface area (Å²) < 4.78 is 11.3. The summed E-state index contributed by atoms with van der Waals surface area (Å²) in [5.74, 6) is -0.182. The molecule has 1 aliphatic heterocycles. The SMILES string of the molecule is CC/C=C\C/C=C\C/C=C\C/C=C\C/C=C\CCCCCCCCCCCCCCCCCCCCCCCCCC(=O)NC(COC1OC(CO)C(O)C(O)C1O)C(O)/C=C/CC/C=C/CCCCCCCCCCCCCCCCCCCC. The van der Waals surface area contributed by atoms with Gasteiger partial charge in [-0.05, 0) is 77.0 Å². The van der Waals surface area contributed by atoms with Gasteiger partial charge in [-0.25, -0.2) is 0 Å². The lowest BCUT2D eigenvalue weighted by Gasteiger charge is -2.40. The van der Waals surface area contributed by atoms with E-state index in [9.17, 15) is 30.3 Å². The highest BCUT2D eigenvalue weighted by atomic mass is 16.7. The fraction of sp³-hybridized carbons (Fsp3) is 0.805. The normalized spacial score (nSPS) is 18.5. The minimum atomic E-state index is -1.57. The zero-order valence-electron chi connectivity index (χ0n) is 56.1. The number of carbonyl (C=O) groups is 1. The minimum absolute atomic E-state index is 0.182. The average Bonchev–Trinajstić information content (AvgIpc) is 3.55. The van der Waals surface area contributed by atoms with Crippen LogP contribution < -0.4 is 5.32 Å². The van der Waals surface area contributed by atoms with Gasteiger partial charge in [0.2, 0.25) is 5.91 Å². The van der Waals surface area contributed by atoms with Crippen molar-refractivity contribution >= 4 is 5.91 Å². The third-order valence-corrected chi connectivity index (χ3v) is 17.2. The summed E-state index contributed by atoms with van der Waals surface area (Å²) in [5, 5.41) is 54.8. The van der Waals surface area contributed by atoms with E-state index in [1.54, 1.807) is 6.08 Å². The quantitative estimate of drug-likeness (QED) is 0.0261. The molecular weight excluding hydrogens is 1070 g/mol. The molecule has 86 heavy (non-hydrogen) atoms. The van der Waals surface area contributed by atoms with Gasteiger partial charge in [0.1, 0.15) is 24.4 Å². The molecule has 1 fully saturated rings. The molecule has 7 atom stereocenters. The molecule has 1 aliphatic rings. The number of nitrogens with one attached hydrogen (secondary N) is 1. The molecule has 0 aliphatic carbocycles. The van der Waals surface area contributed by atoms with Crippen LogP contribution in [-0.4, -0.2) is 87.5 Å². The van der Waals surface area contributed by atoms with Gasteiger partial charge < -0.3 is 40.3 Å². The molecule has 0 saturated carbocycles. The Morgan fingerprint density at radius 1 is 0.407 bits per heavy atom. The fourth-order valence-electron chi connectivity index (χ4n) is 11.5. The first-order valence-electron chi connectivity index (χ1n) is 36.8. The van der Waals surface area contributed by atoms with E-state index >= 15 is 0 Å². The standard InChI is InChI=1S/C77H139NO8/c1-3-5-7-9-11-13-15-17-19-21-23-25-27-29-30-31-32-33-34-35-36-37-38-39-40-41-42-43-45-47-49-51-53-55-57-59-61-63-65-67-73(81)78-70(69-85-77-76(84)75(83)74(82)72(68-79)86-77)71(80)66-64-62-60-58-56-54-52-50-48-46-44-28-26-24-22-20-18-16-14-12-10-8-6-4-2/h5,7,11,13,17,19,23,25,29-30,56,58,64,66,70-72,74-77,79-80,82-84H,3-4,6,8-10,12,14-16,18,20-22,24,26-28,31-55,57,59-63,65,67-69H2,1-2H3,(H,78,81)/b7-5-,13-11-,19-17-,25-23-,30-29-,58-56+,66-64+. The summed E-state index contributed by atoms with van der Waals surface area (Å²) in [6.07, 6.45) is 87.1. The topological polar surface area (TPSA) is 149 Å². The Labute approximate surface area is 531 Å². The summed E-state index contributed by atoms with van der Waals surface area (Å²) in [6.45, 7) is 3.69. The van der Waals surface area contributed by atoms with Crippen LogP contribution in [0.3, 0.4) is 0 Å². The van der Waals surface area contributed by atoms with Crippen LogP contribution in [0.25, 0.3) is 0 Å². The highest BCUT2D eigenvalue weighted by molar-refractivity contribution is 5.76. The second-order valence-corrected chi connectivity index (χ2v) is 25.3. The van der Waals surface area contributed by atoms with Crippen LogP contribution in [0.2, 0.25) is 0 Å². The second kappa shape index (κ2) is 65.3. The molecular formula is C77H139NO8. The lowest BCUT2D eigenvalue weighted by atomic mass is 9.99. The van der Waals surface area contributed by atoms with Gasteiger partial charge in [0, 0.05) is 6.42 Å². The molecule has 0 radical (unpaired) electrons. The largest absolute Gasteiger partial charge is 0.394 e. The Bertz CT molecular complexity index is 1640. The van der Waals surface area contributed by atoms with Crippen LogP contribution >= 0.6 is 0 Å². The number of aliphatic hydroxyl groups excluding tert-OH is 5. The maximum absolute atomic E-state index is 13.1. The predicted molar refractivity (Wildman–Crippen MR) is 368 cm³/mol. The second-order valence-electron chi connectivity index (χ2n) is 25.3. The van der Waals surface area contributed by atoms with E-state index in [2.05, 4.69) is 92.1 Å². The Balaban J connectivity index is 2.09. The van der Waals surface area contributed by atoms with Gasteiger partial charge in [0.25, 0.3) is 0 Å². The van der Waals surface area contributed by atoms with Gasteiger partial charge in [-0.15, -0.1) is 0 Å². The third kappa shape index (κ3) is 53.2. The molecule has 0 aromatic heterocycles. The molecule has 9 heteroatoms. The summed E-state index contributed by atoms with van der Waals surface area (Å²) in [5.41, 5.74) is 0. The molecule has 0 spiro atoms. The van der Waals surface area contributed by atoms with Gasteiger partial charge in [-0.3, -0.25) is 4.79 Å². The van der Waals surface area contributed by atoms with Crippen molar-refractivity contribution in [1.82, 2.24) is 5.32 Å². The molecule has 7 unspecified atom stereocenters. The number of hydrogen-bond donors (Lipinski definition) is 6. The van der Waals surface area contributed by atoms with E-state index in [4.69, 9.17) is 9.47 Å². The van der Waals surface area contributed by atoms with Gasteiger partial charge in [0.15, 0.2) is 6.29 Å². The number of rotatable bonds is 64. The van der Waals surface area contributed by atoms with Crippen molar-refractivity contribution in [3.05, 3.63) is 85.1 Å². The molecule has 9 nitrogen and oxygen atoms in total. The van der Waals surface area contributed by atoms with Crippen LogP contribution in [0.15, 0.2) is 85.1 Å². The third-order valence-electron chi connectivity index (χ3n) is 17.2. The molecule has 1 saturated heterocycles. The molecule has 0 bridgehead atoms. The minimum Gasteiger partial charge on any atom is -0.394 e. The van der Waals surface area contributed by atoms with Crippen molar-refractivity contribution in [2.24, 2.45) is 0 Å². The Morgan fingerprint density at radius 3 is 1.12 bits per heavy atom. The van der Waals surface area contributed by atoms with Crippen molar-refractivity contribution in [1.29, 1.82) is 0 Å². The molecule has 1 rings (SSSR count). The molecule has 0 aromatic carbocycles. The summed E-state index contributed by atoms with van der Waals surface area (Å²) in [4.78, 5) is 13.1. The van der Waals surface area contributed by atoms with Gasteiger partial charge in [-0.1, -0.05) is 343 Å². The van der Waals surface area contributed by atoms with E-state index in [-0.39, 0.29) is 12.5 Å². The molecule has 6 N–H and O–H groups in total. The van der Waals surface area contributed by atoms with Crippen molar-refractivity contribution in [2.45, 2.75) is 384 Å². The number of ether oxygens (including phenoxy) is 2. The zero-order valence-corrected chi connectivity index (χ0v) is 56.1. The van der Waals surface area contributed by atoms with E-state index in [0.29, 0.717) is 6.42 Å². The number of carbonyl (C=O) groups excluding carboxylic acids is 1. The molecule has 1 heterocycles. The summed E-state index contributed by atoms with van der Waals surface area (Å²) >= 11 is 0. The average molecular weight is 1210 g/mol. The predicted octanol–water partition coefficient (Wildman–Crippen LogP) is 20.5. The first-order chi connectivity index (χ1) is 42.3. The Morgan fingerprint density at radius 2 is 0.733 bits per heavy atom. The zero-order chi connectivity index (χ0) is 62.1. The van der Waals surface area contributed by atoms with Crippen molar-refractivity contribution < 1.29 is 39.8 Å².